The number of amides is 3. The van der Waals surface area contributed by atoms with Crippen molar-refractivity contribution in [2.45, 2.75) is 18.3 Å². The predicted molar refractivity (Wildman–Crippen MR) is 151 cm³/mol. The number of aliphatic carboxylic acids is 1. The summed E-state index contributed by atoms with van der Waals surface area (Å²) in [6, 6.07) is 2.77. The highest BCUT2D eigenvalue weighted by atomic mass is 32.2. The lowest BCUT2D eigenvalue weighted by molar-refractivity contribution is -0.150. The van der Waals surface area contributed by atoms with Crippen molar-refractivity contribution in [1.82, 2.24) is 20.6 Å². The van der Waals surface area contributed by atoms with Gasteiger partial charge in [-0.3, -0.25) is 24.1 Å². The second-order valence-corrected chi connectivity index (χ2v) is 10.7. The Balaban J connectivity index is 1.41. The minimum atomic E-state index is -1.39. The Kier molecular flexibility index (Phi) is 9.46. The van der Waals surface area contributed by atoms with Crippen molar-refractivity contribution in [3.05, 3.63) is 46.1 Å². The van der Waals surface area contributed by atoms with Gasteiger partial charge in [-0.2, -0.15) is 5.10 Å². The standard InChI is InChI=1S/C24H23N7O10S2/c1-10(32)40-6-12-8-42-22-18(21(37)31(22)19(12)23(38)39)28-20(36)17(13-9-43-24(25)27-13)30-41-7-16(35)29-26-5-11-2-3-14(33)15(34)4-11/h2-5,9,18,22,33-34H,6-8H2,1H3,(H2,25,27)(H,28,36)(H,29,35)(H,38,39)/t18?,22-/m1/s1. The van der Waals surface area contributed by atoms with E-state index < -0.39 is 53.4 Å². The molecule has 1 saturated heterocycles. The Morgan fingerprint density at radius 3 is 2.67 bits per heavy atom. The van der Waals surface area contributed by atoms with Gasteiger partial charge in [0.1, 0.15) is 29.4 Å². The molecule has 3 amide bonds. The van der Waals surface area contributed by atoms with Crippen LogP contribution in [0.4, 0.5) is 5.13 Å². The number of anilines is 1. The molecule has 0 aliphatic carbocycles. The summed E-state index contributed by atoms with van der Waals surface area (Å²) in [5.74, 6) is -4.93. The zero-order chi connectivity index (χ0) is 31.3. The van der Waals surface area contributed by atoms with Gasteiger partial charge in [-0.25, -0.2) is 15.2 Å². The number of oxime groups is 1. The number of nitrogen functional groups attached to an aromatic ring is 1. The van der Waals surface area contributed by atoms with E-state index in [1.54, 1.807) is 0 Å². The first-order valence-electron chi connectivity index (χ1n) is 12.1. The van der Waals surface area contributed by atoms with Gasteiger partial charge in [0.05, 0.1) is 6.21 Å². The molecule has 7 N–H and O–H groups in total. The average molecular weight is 634 g/mol. The topological polar surface area (TPSA) is 255 Å². The van der Waals surface area contributed by atoms with Crippen molar-refractivity contribution < 1.29 is 48.9 Å². The number of thioether (sulfide) groups is 1. The van der Waals surface area contributed by atoms with Crippen molar-refractivity contribution in [3.63, 3.8) is 0 Å². The highest BCUT2D eigenvalue weighted by Gasteiger charge is 2.54. The molecular formula is C24H23N7O10S2. The van der Waals surface area contributed by atoms with E-state index in [1.165, 1.54) is 48.5 Å². The number of carboxylic acids is 1. The summed E-state index contributed by atoms with van der Waals surface area (Å²) >= 11 is 2.17. The number of hydrazone groups is 1. The molecule has 4 rings (SSSR count). The molecule has 2 atom stereocenters. The van der Waals surface area contributed by atoms with Gasteiger partial charge in [-0.05, 0) is 23.8 Å². The number of carboxylic acid groups (broad SMARTS) is 1. The number of hydrogen-bond acceptors (Lipinski definition) is 15. The number of nitrogens with one attached hydrogen (secondary N) is 2. The molecule has 43 heavy (non-hydrogen) atoms. The molecule has 0 radical (unpaired) electrons. The number of aromatic nitrogens is 1. The number of nitrogens with two attached hydrogens (primary N) is 1. The Morgan fingerprint density at radius 2 is 2.02 bits per heavy atom. The van der Waals surface area contributed by atoms with E-state index in [1.807, 2.05) is 0 Å². The number of aromatic hydroxyl groups is 2. The Labute approximate surface area is 250 Å². The number of hydrogen-bond donors (Lipinski definition) is 6. The molecule has 226 valence electrons. The van der Waals surface area contributed by atoms with E-state index in [0.29, 0.717) is 5.56 Å². The zero-order valence-corrected chi connectivity index (χ0v) is 23.7. The van der Waals surface area contributed by atoms with Crippen LogP contribution in [0.5, 0.6) is 11.5 Å². The number of rotatable bonds is 11. The van der Waals surface area contributed by atoms with Crippen LogP contribution in [0, 0.1) is 0 Å². The summed E-state index contributed by atoms with van der Waals surface area (Å²) < 4.78 is 4.90. The number of carbonyl (C=O) groups excluding carboxylic acids is 4. The smallest absolute Gasteiger partial charge is 0.352 e. The van der Waals surface area contributed by atoms with Gasteiger partial charge in [0.2, 0.25) is 0 Å². The van der Waals surface area contributed by atoms with Crippen LogP contribution in [-0.4, -0.2) is 97.2 Å². The third-order valence-electron chi connectivity index (χ3n) is 5.72. The molecule has 1 aromatic heterocycles. The van der Waals surface area contributed by atoms with Crippen molar-refractivity contribution in [2.24, 2.45) is 10.3 Å². The maximum absolute atomic E-state index is 13.2. The molecule has 0 saturated carbocycles. The fourth-order valence-electron chi connectivity index (χ4n) is 3.78. The highest BCUT2D eigenvalue weighted by molar-refractivity contribution is 8.00. The van der Waals surface area contributed by atoms with Crippen LogP contribution in [0.2, 0.25) is 0 Å². The molecule has 2 aliphatic rings. The number of nitrogens with zero attached hydrogens (tertiary/aromatic N) is 4. The second-order valence-electron chi connectivity index (χ2n) is 8.72. The molecule has 1 aromatic carbocycles. The second kappa shape index (κ2) is 13.2. The minimum absolute atomic E-state index is 0.000260. The van der Waals surface area contributed by atoms with Gasteiger partial charge in [0.15, 0.2) is 28.9 Å². The number of thiazole rings is 1. The van der Waals surface area contributed by atoms with Crippen LogP contribution in [-0.2, 0) is 33.5 Å². The summed E-state index contributed by atoms with van der Waals surface area (Å²) in [4.78, 5) is 71.3. The first-order chi connectivity index (χ1) is 20.5. The first kappa shape index (κ1) is 30.8. The summed E-state index contributed by atoms with van der Waals surface area (Å²) in [5, 5.41) is 39.2. The molecule has 2 aromatic rings. The predicted octanol–water partition coefficient (Wildman–Crippen LogP) is -0.691. The lowest BCUT2D eigenvalue weighted by Gasteiger charge is -2.49. The van der Waals surface area contributed by atoms with Crippen LogP contribution < -0.4 is 16.5 Å². The maximum Gasteiger partial charge on any atom is 0.352 e. The molecule has 0 bridgehead atoms. The summed E-state index contributed by atoms with van der Waals surface area (Å²) in [7, 11) is 0. The quantitative estimate of drug-likeness (QED) is 0.0590. The largest absolute Gasteiger partial charge is 0.504 e. The van der Waals surface area contributed by atoms with E-state index in [9.17, 15) is 39.3 Å². The Hall–Kier alpha value is -5.17. The van der Waals surface area contributed by atoms with E-state index in [-0.39, 0.29) is 46.0 Å². The maximum atomic E-state index is 13.2. The number of phenolic OH excluding ortho intramolecular Hbond substituents is 2. The number of benzene rings is 1. The fraction of sp³-hybridized carbons (Fsp3) is 0.250. The Morgan fingerprint density at radius 1 is 1.26 bits per heavy atom. The summed E-state index contributed by atoms with van der Waals surface area (Å²) in [6.45, 7) is 0.198. The van der Waals surface area contributed by atoms with Crippen LogP contribution in [0.25, 0.3) is 0 Å². The molecule has 1 fully saturated rings. The lowest BCUT2D eigenvalue weighted by atomic mass is 10.0. The molecule has 0 spiro atoms. The van der Waals surface area contributed by atoms with Crippen molar-refractivity contribution in [1.29, 1.82) is 0 Å². The molecule has 2 aliphatic heterocycles. The number of fused-ring (bicyclic) bond motifs is 1. The number of esters is 1. The SMILES string of the molecule is CC(=O)OCC1=C(C(=O)O)N2C(=O)C(NC(=O)C(=NOCC(=O)NN=Cc3ccc(O)c(O)c3)c3csc(N)n3)[C@H]2SC1. The average Bonchev–Trinajstić information content (AvgIpc) is 3.39. The molecule has 1 unspecified atom stereocenters. The van der Waals surface area contributed by atoms with Gasteiger partial charge in [-0.1, -0.05) is 5.16 Å². The fourth-order valence-corrected chi connectivity index (χ4v) is 5.66. The van der Waals surface area contributed by atoms with E-state index in [0.717, 1.165) is 16.2 Å². The minimum Gasteiger partial charge on any atom is -0.504 e. The third kappa shape index (κ3) is 7.19. The van der Waals surface area contributed by atoms with Gasteiger partial charge in [-0.15, -0.1) is 23.1 Å². The number of phenols is 2. The number of carbonyl (C=O) groups is 5. The molecule has 3 heterocycles. The van der Waals surface area contributed by atoms with Crippen LogP contribution in [0.15, 0.2) is 45.1 Å². The number of β-lactam (4-membered cyclic amide) rings is 1. The van der Waals surface area contributed by atoms with Crippen LogP contribution >= 0.6 is 23.1 Å². The van der Waals surface area contributed by atoms with Crippen LogP contribution in [0.1, 0.15) is 18.2 Å². The van der Waals surface area contributed by atoms with Gasteiger partial charge < -0.3 is 35.9 Å². The van der Waals surface area contributed by atoms with Gasteiger partial charge in [0, 0.05) is 23.6 Å². The lowest BCUT2D eigenvalue weighted by Crippen LogP contribution is -2.71. The summed E-state index contributed by atoms with van der Waals surface area (Å²) in [6.07, 6.45) is 1.20. The van der Waals surface area contributed by atoms with Crippen LogP contribution in [0.3, 0.4) is 0 Å². The monoisotopic (exact) mass is 633 g/mol. The molecule has 17 nitrogen and oxygen atoms in total. The normalized spacial score (nSPS) is 18.1. The van der Waals surface area contributed by atoms with Crippen molar-refractivity contribution >= 4 is 69.8 Å². The number of ether oxygens (including phenoxy) is 1. The van der Waals surface area contributed by atoms with Crippen molar-refractivity contribution in [2.75, 3.05) is 24.7 Å². The molecular weight excluding hydrogens is 610 g/mol. The third-order valence-corrected chi connectivity index (χ3v) is 7.73. The van der Waals surface area contributed by atoms with E-state index in [2.05, 4.69) is 26.0 Å². The Bertz CT molecular complexity index is 1570. The van der Waals surface area contributed by atoms with Crippen molar-refractivity contribution in [3.8, 4) is 11.5 Å². The first-order valence-corrected chi connectivity index (χ1v) is 14.0. The van der Waals surface area contributed by atoms with Gasteiger partial charge in [0.25, 0.3) is 17.7 Å². The van der Waals surface area contributed by atoms with E-state index in [4.69, 9.17) is 15.3 Å². The zero-order valence-electron chi connectivity index (χ0n) is 22.0. The van der Waals surface area contributed by atoms with E-state index >= 15 is 0 Å². The van der Waals surface area contributed by atoms with Gasteiger partial charge >= 0.3 is 11.9 Å². The summed E-state index contributed by atoms with van der Waals surface area (Å²) in [5.41, 5.74) is 7.72. The highest BCUT2D eigenvalue weighted by Crippen LogP contribution is 2.40. The molecule has 19 heteroatoms.